The van der Waals surface area contributed by atoms with Crippen LogP contribution in [-0.4, -0.2) is 37.2 Å². The van der Waals surface area contributed by atoms with Gasteiger partial charge in [0.15, 0.2) is 6.10 Å². The predicted octanol–water partition coefficient (Wildman–Crippen LogP) is 17.5. The molecule has 0 fully saturated rings. The van der Waals surface area contributed by atoms with Crippen LogP contribution in [0.15, 0.2) is 109 Å². The minimum atomic E-state index is -0.805. The van der Waals surface area contributed by atoms with Crippen LogP contribution in [0.25, 0.3) is 0 Å². The first-order valence-corrected chi connectivity index (χ1v) is 26.5. The first-order chi connectivity index (χ1) is 32.0. The lowest BCUT2D eigenvalue weighted by molar-refractivity contribution is -0.167. The summed E-state index contributed by atoms with van der Waals surface area (Å²) in [6, 6.07) is 0. The second-order valence-electron chi connectivity index (χ2n) is 17.3. The molecule has 0 aliphatic rings. The lowest BCUT2D eigenvalue weighted by Gasteiger charge is -2.18. The number of carbonyl (C=O) groups excluding carboxylic acids is 3. The van der Waals surface area contributed by atoms with E-state index in [1.165, 1.54) is 89.9 Å². The van der Waals surface area contributed by atoms with Gasteiger partial charge in [-0.15, -0.1) is 0 Å². The van der Waals surface area contributed by atoms with Gasteiger partial charge in [-0.25, -0.2) is 0 Å². The maximum absolute atomic E-state index is 12.8. The van der Waals surface area contributed by atoms with Crippen LogP contribution in [0, 0.1) is 0 Å². The van der Waals surface area contributed by atoms with Gasteiger partial charge in [-0.05, 0) is 57.8 Å². The Morgan fingerprint density at radius 2 is 0.631 bits per heavy atom. The zero-order valence-electron chi connectivity index (χ0n) is 42.0. The normalized spacial score (nSPS) is 13.0. The summed E-state index contributed by atoms with van der Waals surface area (Å²) in [7, 11) is 0. The molecule has 0 radical (unpaired) electrons. The van der Waals surface area contributed by atoms with E-state index in [9.17, 15) is 14.4 Å². The number of hydrogen-bond acceptors (Lipinski definition) is 6. The van der Waals surface area contributed by atoms with Crippen molar-refractivity contribution in [1.29, 1.82) is 0 Å². The Kier molecular flexibility index (Phi) is 49.5. The van der Waals surface area contributed by atoms with Crippen LogP contribution < -0.4 is 0 Å². The van der Waals surface area contributed by atoms with E-state index in [1.54, 1.807) is 0 Å². The highest BCUT2D eigenvalue weighted by atomic mass is 16.6. The van der Waals surface area contributed by atoms with E-state index in [4.69, 9.17) is 14.2 Å². The quantitative estimate of drug-likeness (QED) is 0.0262. The molecule has 0 heterocycles. The molecule has 6 heteroatoms. The number of ether oxygens (including phenoxy) is 3. The van der Waals surface area contributed by atoms with Gasteiger partial charge in [-0.2, -0.15) is 0 Å². The molecule has 0 spiro atoms. The number of hydrogen-bond donors (Lipinski definition) is 0. The summed E-state index contributed by atoms with van der Waals surface area (Å²) in [5.74, 6) is -0.968. The molecule has 65 heavy (non-hydrogen) atoms. The molecular weight excluding hydrogens is 805 g/mol. The van der Waals surface area contributed by atoms with Crippen LogP contribution in [0.3, 0.4) is 0 Å². The van der Waals surface area contributed by atoms with Crippen molar-refractivity contribution in [3.05, 3.63) is 109 Å². The van der Waals surface area contributed by atoms with Gasteiger partial charge in [-0.3, -0.25) is 14.4 Å². The minimum Gasteiger partial charge on any atom is -0.462 e. The molecule has 0 aromatic rings. The van der Waals surface area contributed by atoms with Crippen molar-refractivity contribution in [3.63, 3.8) is 0 Å². The topological polar surface area (TPSA) is 78.9 Å². The molecule has 0 N–H and O–H groups in total. The highest BCUT2D eigenvalue weighted by Gasteiger charge is 2.19. The van der Waals surface area contributed by atoms with Crippen molar-refractivity contribution in [2.24, 2.45) is 0 Å². The summed E-state index contributed by atoms with van der Waals surface area (Å²) in [5, 5.41) is 0. The van der Waals surface area contributed by atoms with Crippen LogP contribution in [-0.2, 0) is 28.6 Å². The molecule has 368 valence electrons. The molecule has 0 saturated heterocycles. The molecule has 0 rings (SSSR count). The van der Waals surface area contributed by atoms with Crippen LogP contribution in [0.1, 0.15) is 226 Å². The van der Waals surface area contributed by atoms with E-state index < -0.39 is 6.10 Å². The Balaban J connectivity index is 4.49. The van der Waals surface area contributed by atoms with Gasteiger partial charge in [0, 0.05) is 19.3 Å². The first-order valence-electron chi connectivity index (χ1n) is 26.5. The van der Waals surface area contributed by atoms with Crippen LogP contribution in [0.2, 0.25) is 0 Å². The van der Waals surface area contributed by atoms with Crippen molar-refractivity contribution in [3.8, 4) is 0 Å². The standard InChI is InChI=1S/C59H96O6/c1-4-7-10-13-16-19-22-25-27-29-30-32-34-37-40-43-46-49-52-58(61)64-55-56(54-63-57(60)51-48-45-42-39-36-33-24-21-18-15-12-9-6-3)65-59(62)53-50-47-44-41-38-35-31-28-26-23-20-17-14-11-8-5-2/h9-10,12-13,15-16,18-19,21-22,24-25,27,29-30,32-33,36,56H,4-8,11,14,17,20,23,26,28,31,34-35,37-55H2,1-3H3/b12-9+,13-10+,18-15+,19-16+,24-21+,25-22+,29-27+,32-30+,36-33+. The van der Waals surface area contributed by atoms with Crippen molar-refractivity contribution in [2.45, 2.75) is 232 Å². The van der Waals surface area contributed by atoms with E-state index in [0.29, 0.717) is 19.3 Å². The zero-order chi connectivity index (χ0) is 47.2. The van der Waals surface area contributed by atoms with E-state index in [0.717, 1.165) is 96.3 Å². The van der Waals surface area contributed by atoms with Gasteiger partial charge in [0.1, 0.15) is 13.2 Å². The van der Waals surface area contributed by atoms with Crippen LogP contribution >= 0.6 is 0 Å². The van der Waals surface area contributed by atoms with Gasteiger partial charge in [0.2, 0.25) is 0 Å². The molecule has 1 atom stereocenters. The summed E-state index contributed by atoms with van der Waals surface area (Å²) in [6.45, 7) is 6.35. The third kappa shape index (κ3) is 50.9. The van der Waals surface area contributed by atoms with Gasteiger partial charge >= 0.3 is 17.9 Å². The Bertz CT molecular complexity index is 1360. The second kappa shape index (κ2) is 52.7. The number of unbranched alkanes of at least 4 members (excludes halogenated alkanes) is 24. The maximum Gasteiger partial charge on any atom is 0.306 e. The van der Waals surface area contributed by atoms with E-state index in [-0.39, 0.29) is 31.1 Å². The number of esters is 3. The molecule has 0 aliphatic carbocycles. The molecule has 0 aromatic heterocycles. The Hall–Kier alpha value is -3.93. The Labute approximate surface area is 400 Å². The van der Waals surface area contributed by atoms with Crippen molar-refractivity contribution < 1.29 is 28.6 Å². The molecule has 0 aromatic carbocycles. The molecule has 0 aliphatic heterocycles. The lowest BCUT2D eigenvalue weighted by Crippen LogP contribution is -2.30. The summed E-state index contributed by atoms with van der Waals surface area (Å²) >= 11 is 0. The predicted molar refractivity (Wildman–Crippen MR) is 279 cm³/mol. The van der Waals surface area contributed by atoms with E-state index in [1.807, 2.05) is 60.8 Å². The molecule has 1 unspecified atom stereocenters. The maximum atomic E-state index is 12.8. The van der Waals surface area contributed by atoms with E-state index >= 15 is 0 Å². The fraction of sp³-hybridized carbons (Fsp3) is 0.644. The fourth-order valence-electron chi connectivity index (χ4n) is 7.01. The Morgan fingerprint density at radius 1 is 0.323 bits per heavy atom. The average molecular weight is 901 g/mol. The monoisotopic (exact) mass is 901 g/mol. The highest BCUT2D eigenvalue weighted by Crippen LogP contribution is 2.15. The molecule has 0 saturated carbocycles. The number of allylic oxidation sites excluding steroid dienone is 18. The molecular formula is C59H96O6. The van der Waals surface area contributed by atoms with E-state index in [2.05, 4.69) is 69.4 Å². The first kappa shape index (κ1) is 61.1. The summed E-state index contributed by atoms with van der Waals surface area (Å²) in [5.41, 5.74) is 0. The summed E-state index contributed by atoms with van der Waals surface area (Å²) < 4.78 is 16.8. The SMILES string of the molecule is CC/C=C/C=C/C=C/C=C/CCCCCC(=O)OCC(COC(=O)CCCCCCC/C=C/C=C/C=C/C=C/C=C/CCC)OC(=O)CCCCCCCCCCCCCCCCCC. The van der Waals surface area contributed by atoms with Crippen LogP contribution in [0.5, 0.6) is 0 Å². The largest absolute Gasteiger partial charge is 0.462 e. The van der Waals surface area contributed by atoms with Gasteiger partial charge in [0.05, 0.1) is 0 Å². The van der Waals surface area contributed by atoms with Gasteiger partial charge < -0.3 is 14.2 Å². The number of carbonyl (C=O) groups is 3. The molecule has 6 nitrogen and oxygen atoms in total. The third-order valence-electron chi connectivity index (χ3n) is 11.0. The van der Waals surface area contributed by atoms with Crippen molar-refractivity contribution in [1.82, 2.24) is 0 Å². The van der Waals surface area contributed by atoms with Gasteiger partial charge in [-0.1, -0.05) is 259 Å². The molecule has 0 bridgehead atoms. The lowest BCUT2D eigenvalue weighted by atomic mass is 10.0. The van der Waals surface area contributed by atoms with Crippen LogP contribution in [0.4, 0.5) is 0 Å². The average Bonchev–Trinajstić information content (AvgIpc) is 3.30. The Morgan fingerprint density at radius 3 is 1.02 bits per heavy atom. The summed E-state index contributed by atoms with van der Waals surface area (Å²) in [4.78, 5) is 38.0. The van der Waals surface area contributed by atoms with Crippen molar-refractivity contribution >= 4 is 17.9 Å². The third-order valence-corrected chi connectivity index (χ3v) is 11.0. The summed E-state index contributed by atoms with van der Waals surface area (Å²) in [6.07, 6.45) is 70.7. The minimum absolute atomic E-state index is 0.105. The second-order valence-corrected chi connectivity index (χ2v) is 17.3. The van der Waals surface area contributed by atoms with Crippen molar-refractivity contribution in [2.75, 3.05) is 13.2 Å². The zero-order valence-corrected chi connectivity index (χ0v) is 42.0. The fourth-order valence-corrected chi connectivity index (χ4v) is 7.01. The molecule has 0 amide bonds. The smallest absolute Gasteiger partial charge is 0.306 e. The number of rotatable bonds is 46. The highest BCUT2D eigenvalue weighted by molar-refractivity contribution is 5.71. The van der Waals surface area contributed by atoms with Gasteiger partial charge in [0.25, 0.3) is 0 Å².